The molecular formula is C38H44BrN3O8. The molecule has 2 aromatic carbocycles. The van der Waals surface area contributed by atoms with Gasteiger partial charge in [0, 0.05) is 23.1 Å². The van der Waals surface area contributed by atoms with E-state index in [1.807, 2.05) is 56.3 Å². The number of nitrogens with zero attached hydrogens (tertiary/aromatic N) is 2. The van der Waals surface area contributed by atoms with Crippen LogP contribution in [0.1, 0.15) is 51.7 Å². The summed E-state index contributed by atoms with van der Waals surface area (Å²) in [5.74, 6) is -3.27. The van der Waals surface area contributed by atoms with E-state index in [0.29, 0.717) is 34.3 Å². The van der Waals surface area contributed by atoms with Gasteiger partial charge in [0.25, 0.3) is 5.91 Å². The molecule has 0 aliphatic carbocycles. The molecule has 11 nitrogen and oxygen atoms in total. The van der Waals surface area contributed by atoms with Crippen LogP contribution in [0.4, 0.5) is 5.69 Å². The molecule has 8 atom stereocenters. The van der Waals surface area contributed by atoms with Gasteiger partial charge in [-0.2, -0.15) is 0 Å². The third-order valence-electron chi connectivity index (χ3n) is 10.1. The van der Waals surface area contributed by atoms with Gasteiger partial charge in [-0.3, -0.25) is 19.2 Å². The van der Waals surface area contributed by atoms with Crippen LogP contribution >= 0.6 is 15.9 Å². The van der Waals surface area contributed by atoms with Gasteiger partial charge >= 0.3 is 5.97 Å². The number of esters is 1. The van der Waals surface area contributed by atoms with E-state index >= 15 is 4.79 Å². The van der Waals surface area contributed by atoms with E-state index < -0.39 is 65.6 Å². The van der Waals surface area contributed by atoms with Crippen LogP contribution < -0.4 is 15.0 Å². The molecule has 1 spiro atoms. The molecule has 6 rings (SSSR count). The predicted octanol–water partition coefficient (Wildman–Crippen LogP) is 4.45. The smallest absolute Gasteiger partial charge is 0.313 e. The van der Waals surface area contributed by atoms with Crippen molar-refractivity contribution in [2.45, 2.75) is 76.0 Å². The van der Waals surface area contributed by atoms with E-state index in [1.165, 1.54) is 4.90 Å². The first-order chi connectivity index (χ1) is 24.0. The SMILES string of the molecule is COc1ccc(N2C/C=C\CCC(=O)N[C@H](C)[C@@H](c3ccccc3)OC(=O)[C@@H]3[C@H]4O[C@@]5(C=C4Br)[C@H](C2=O)N([C@@H](CO)CC(C)C)C(=O)[C@@H]35)cc1. The molecule has 5 bridgehead atoms. The zero-order chi connectivity index (χ0) is 35.7. The number of aliphatic hydroxyl groups excluding tert-OH is 1. The summed E-state index contributed by atoms with van der Waals surface area (Å²) in [7, 11) is 1.56. The van der Waals surface area contributed by atoms with E-state index in [1.54, 1.807) is 49.3 Å². The molecule has 4 aliphatic heterocycles. The summed E-state index contributed by atoms with van der Waals surface area (Å²) in [6, 6.07) is 13.7. The highest BCUT2D eigenvalue weighted by Gasteiger charge is 2.75. The average Bonchev–Trinajstić information content (AvgIpc) is 3.70. The molecule has 50 heavy (non-hydrogen) atoms. The molecule has 2 N–H and O–H groups in total. The molecule has 0 aromatic heterocycles. The van der Waals surface area contributed by atoms with E-state index in [9.17, 15) is 19.5 Å². The van der Waals surface area contributed by atoms with Crippen LogP contribution in [0.3, 0.4) is 0 Å². The minimum atomic E-state index is -1.52. The quantitative estimate of drug-likeness (QED) is 0.314. The van der Waals surface area contributed by atoms with Crippen LogP contribution in [-0.4, -0.2) is 83.8 Å². The monoisotopic (exact) mass is 749 g/mol. The standard InChI is InChI=1S/C38H44BrN3O8/c1-22(2)19-26(21-43)42-34-36(46)41(25-14-16-27(48-4)17-15-25)18-10-6-9-13-29(44)40-23(3)32(24-11-7-5-8-12-24)49-37(47)30-31(35(42)45)38(34)20-28(39)33(30)50-38/h5-8,10-12,14-17,20,22-23,26,30-34,43H,9,13,18-19,21H2,1-4H3,(H,40,44)/b10-6-/t23-,26-,30+,31-,32+,33+,34+,38-/m1/s1. The molecule has 3 amide bonds. The fourth-order valence-electron chi connectivity index (χ4n) is 7.87. The molecule has 2 fully saturated rings. The number of rotatable bonds is 7. The van der Waals surface area contributed by atoms with Crippen molar-refractivity contribution in [3.63, 3.8) is 0 Å². The van der Waals surface area contributed by atoms with E-state index in [4.69, 9.17) is 14.2 Å². The minimum absolute atomic E-state index is 0.0865. The summed E-state index contributed by atoms with van der Waals surface area (Å²) in [4.78, 5) is 60.5. The van der Waals surface area contributed by atoms with Crippen molar-refractivity contribution < 1.29 is 38.5 Å². The van der Waals surface area contributed by atoms with E-state index in [-0.39, 0.29) is 31.4 Å². The lowest BCUT2D eigenvalue weighted by Crippen LogP contribution is -2.59. The maximum absolute atomic E-state index is 15.1. The molecule has 2 aromatic rings. The van der Waals surface area contributed by atoms with Gasteiger partial charge in [0.05, 0.1) is 31.7 Å². The highest BCUT2D eigenvalue weighted by molar-refractivity contribution is 9.11. The maximum atomic E-state index is 15.1. The number of cyclic esters (lactones) is 1. The fourth-order valence-corrected chi connectivity index (χ4v) is 8.61. The molecular weight excluding hydrogens is 706 g/mol. The first-order valence-corrected chi connectivity index (χ1v) is 17.9. The number of hydrogen-bond acceptors (Lipinski definition) is 8. The summed E-state index contributed by atoms with van der Waals surface area (Å²) in [5.41, 5.74) is -0.283. The first-order valence-electron chi connectivity index (χ1n) is 17.1. The second-order valence-corrected chi connectivity index (χ2v) is 14.7. The van der Waals surface area contributed by atoms with Gasteiger partial charge in [0.2, 0.25) is 11.8 Å². The van der Waals surface area contributed by atoms with Crippen molar-refractivity contribution in [2.24, 2.45) is 17.8 Å². The average molecular weight is 751 g/mol. The van der Waals surface area contributed by atoms with Crippen molar-refractivity contribution in [3.05, 3.63) is 82.9 Å². The minimum Gasteiger partial charge on any atom is -0.497 e. The number of fused-ring (bicyclic) bond motifs is 2. The summed E-state index contributed by atoms with van der Waals surface area (Å²) < 4.78 is 18.8. The van der Waals surface area contributed by atoms with Crippen molar-refractivity contribution in [2.75, 3.05) is 25.2 Å². The zero-order valence-corrected chi connectivity index (χ0v) is 30.2. The molecule has 12 heteroatoms. The van der Waals surface area contributed by atoms with Crippen molar-refractivity contribution in [3.8, 4) is 5.75 Å². The molecule has 4 heterocycles. The summed E-state index contributed by atoms with van der Waals surface area (Å²) in [6.45, 7) is 5.51. The number of carbonyl (C=O) groups excluding carboxylic acids is 4. The summed E-state index contributed by atoms with van der Waals surface area (Å²) in [6.07, 6.45) is 4.71. The van der Waals surface area contributed by atoms with Gasteiger partial charge < -0.3 is 34.4 Å². The number of ether oxygens (including phenoxy) is 3. The lowest BCUT2D eigenvalue weighted by Gasteiger charge is -2.39. The second-order valence-electron chi connectivity index (χ2n) is 13.8. The highest BCUT2D eigenvalue weighted by Crippen LogP contribution is 2.59. The Kier molecular flexibility index (Phi) is 10.5. The van der Waals surface area contributed by atoms with Crippen molar-refractivity contribution in [1.82, 2.24) is 10.2 Å². The van der Waals surface area contributed by atoms with Gasteiger partial charge in [-0.15, -0.1) is 0 Å². The number of amides is 3. The number of carbonyl (C=O) groups is 4. The van der Waals surface area contributed by atoms with Gasteiger partial charge in [-0.1, -0.05) is 72.3 Å². The summed E-state index contributed by atoms with van der Waals surface area (Å²) in [5, 5.41) is 13.7. The van der Waals surface area contributed by atoms with Crippen molar-refractivity contribution >= 4 is 45.3 Å². The Balaban J connectivity index is 1.50. The Labute approximate surface area is 300 Å². The van der Waals surface area contributed by atoms with Gasteiger partial charge in [0.15, 0.2) is 0 Å². The fraction of sp³-hybridized carbons (Fsp3) is 0.474. The van der Waals surface area contributed by atoms with Gasteiger partial charge in [0.1, 0.15) is 35.5 Å². The number of anilines is 1. The Morgan fingerprint density at radius 1 is 1.02 bits per heavy atom. The van der Waals surface area contributed by atoms with Crippen molar-refractivity contribution in [1.29, 1.82) is 0 Å². The number of hydrogen-bond donors (Lipinski definition) is 2. The Hall–Kier alpha value is -4.00. The second kappa shape index (κ2) is 14.7. The lowest BCUT2D eigenvalue weighted by atomic mass is 9.74. The first kappa shape index (κ1) is 35.8. The zero-order valence-electron chi connectivity index (χ0n) is 28.7. The predicted molar refractivity (Wildman–Crippen MR) is 189 cm³/mol. The number of nitrogens with one attached hydrogen (secondary N) is 1. The maximum Gasteiger partial charge on any atom is 0.313 e. The van der Waals surface area contributed by atoms with E-state index in [0.717, 1.165) is 0 Å². The molecule has 266 valence electrons. The van der Waals surface area contributed by atoms with Crippen LogP contribution in [0.15, 0.2) is 77.3 Å². The van der Waals surface area contributed by atoms with E-state index in [2.05, 4.69) is 21.2 Å². The summed E-state index contributed by atoms with van der Waals surface area (Å²) >= 11 is 3.61. The van der Waals surface area contributed by atoms with Gasteiger partial charge in [-0.05, 0) is 61.6 Å². The third-order valence-corrected chi connectivity index (χ3v) is 10.8. The van der Waals surface area contributed by atoms with Gasteiger partial charge in [-0.25, -0.2) is 0 Å². The normalized spacial score (nSPS) is 31.3. The van der Waals surface area contributed by atoms with Crippen LogP contribution in [0.2, 0.25) is 0 Å². The molecule has 0 unspecified atom stereocenters. The number of benzene rings is 2. The number of methoxy groups -OCH3 is 1. The van der Waals surface area contributed by atoms with Crippen LogP contribution in [0, 0.1) is 17.8 Å². The topological polar surface area (TPSA) is 135 Å². The number of allylic oxidation sites excluding steroid dienone is 1. The highest BCUT2D eigenvalue weighted by atomic mass is 79.9. The Morgan fingerprint density at radius 2 is 1.74 bits per heavy atom. The Morgan fingerprint density at radius 3 is 2.40 bits per heavy atom. The van der Waals surface area contributed by atoms with Crippen LogP contribution in [0.5, 0.6) is 5.75 Å². The molecule has 0 radical (unpaired) electrons. The lowest BCUT2D eigenvalue weighted by molar-refractivity contribution is -0.161. The number of aliphatic hydroxyl groups is 1. The van der Waals surface area contributed by atoms with Crippen LogP contribution in [0.25, 0.3) is 0 Å². The molecule has 4 aliphatic rings. The number of halogens is 1. The molecule has 2 saturated heterocycles. The largest absolute Gasteiger partial charge is 0.497 e. The third kappa shape index (κ3) is 6.49. The molecule has 0 saturated carbocycles. The number of likely N-dealkylation sites (tertiary alicyclic amines) is 1. The Bertz CT molecular complexity index is 1660. The van der Waals surface area contributed by atoms with Crippen LogP contribution in [-0.2, 0) is 28.7 Å².